The molecule has 0 amide bonds. The smallest absolute Gasteiger partial charge is 0.121 e. The minimum absolute atomic E-state index is 0.0425. The van der Waals surface area contributed by atoms with E-state index in [0.29, 0.717) is 5.41 Å². The molecule has 0 aromatic rings. The van der Waals surface area contributed by atoms with Gasteiger partial charge in [0.15, 0.2) is 0 Å². The van der Waals surface area contributed by atoms with Crippen molar-refractivity contribution in [3.63, 3.8) is 0 Å². The van der Waals surface area contributed by atoms with Gasteiger partial charge in [0, 0.05) is 6.54 Å². The van der Waals surface area contributed by atoms with Crippen molar-refractivity contribution in [1.82, 2.24) is 4.90 Å². The highest BCUT2D eigenvalue weighted by atomic mass is 16.5. The molecule has 8 atom stereocenters. The Labute approximate surface area is 153 Å². The third-order valence-electron chi connectivity index (χ3n) is 10.1. The number of fused-ring (bicyclic) bond motifs is 5. The first-order valence-corrected chi connectivity index (χ1v) is 10.9. The van der Waals surface area contributed by atoms with Crippen LogP contribution in [0.2, 0.25) is 0 Å². The summed E-state index contributed by atoms with van der Waals surface area (Å²) in [6.45, 7) is 7.06. The largest absolute Gasteiger partial charge is 0.393 e. The van der Waals surface area contributed by atoms with Crippen molar-refractivity contribution < 1.29 is 9.84 Å². The SMILES string of the molecule is CN1CCO[C@]12CC[C@@]1(C)[C@@H](CC[C@@H]3[C@@H]1CC[C@]1(C)[C@@H](O)CC[C@@H]31)C2. The normalized spacial score (nSPS) is 58.8. The van der Waals surface area contributed by atoms with Gasteiger partial charge in [-0.05, 0) is 99.3 Å². The number of likely N-dealkylation sites (N-methyl/N-ethyl adjacent to an activating group) is 1. The molecular formula is C22H37NO2. The Bertz CT molecular complexity index is 552. The summed E-state index contributed by atoms with van der Waals surface area (Å²) in [5, 5.41) is 10.6. The summed E-state index contributed by atoms with van der Waals surface area (Å²) in [7, 11) is 2.27. The molecular weight excluding hydrogens is 310 g/mol. The molecule has 0 aromatic carbocycles. The molecule has 0 unspecified atom stereocenters. The molecule has 0 bridgehead atoms. The van der Waals surface area contributed by atoms with Crippen molar-refractivity contribution in [2.24, 2.45) is 34.5 Å². The lowest BCUT2D eigenvalue weighted by atomic mass is 9.44. The Kier molecular flexibility index (Phi) is 3.71. The molecule has 4 saturated carbocycles. The van der Waals surface area contributed by atoms with Crippen LogP contribution >= 0.6 is 0 Å². The molecule has 1 saturated heterocycles. The molecule has 0 aromatic heterocycles. The van der Waals surface area contributed by atoms with Crippen molar-refractivity contribution in [3.05, 3.63) is 0 Å². The molecule has 3 nitrogen and oxygen atoms in total. The van der Waals surface area contributed by atoms with Crippen LogP contribution in [0.25, 0.3) is 0 Å². The zero-order chi connectivity index (χ0) is 17.4. The van der Waals surface area contributed by atoms with E-state index < -0.39 is 0 Å². The van der Waals surface area contributed by atoms with E-state index in [-0.39, 0.29) is 17.2 Å². The maximum atomic E-state index is 10.6. The fourth-order valence-corrected chi connectivity index (χ4v) is 8.35. The van der Waals surface area contributed by atoms with Crippen LogP contribution in [-0.2, 0) is 4.74 Å². The summed E-state index contributed by atoms with van der Waals surface area (Å²) in [5.74, 6) is 3.37. The standard InChI is InChI=1S/C22H37NO2/c1-20-10-11-22(23(3)12-13-25-22)14-15(20)4-5-16-17-6-7-19(24)21(17,2)9-8-18(16)20/h15-19,24H,4-14H2,1-3H3/t15-,16-,17-,18-,19-,20-,21-,22-/m0/s1. The molecule has 5 aliphatic rings. The summed E-state index contributed by atoms with van der Waals surface area (Å²) < 4.78 is 6.32. The van der Waals surface area contributed by atoms with Crippen molar-refractivity contribution in [1.29, 1.82) is 0 Å². The molecule has 1 heterocycles. The Morgan fingerprint density at radius 3 is 2.48 bits per heavy atom. The Balaban J connectivity index is 1.41. The molecule has 1 aliphatic heterocycles. The van der Waals surface area contributed by atoms with Gasteiger partial charge >= 0.3 is 0 Å². The summed E-state index contributed by atoms with van der Waals surface area (Å²) in [6.07, 6.45) is 11.5. The summed E-state index contributed by atoms with van der Waals surface area (Å²) in [5.41, 5.74) is 0.786. The third kappa shape index (κ3) is 2.15. The summed E-state index contributed by atoms with van der Waals surface area (Å²) in [6, 6.07) is 0. The van der Waals surface area contributed by atoms with Gasteiger partial charge in [0.1, 0.15) is 5.72 Å². The number of hydrogen-bond acceptors (Lipinski definition) is 3. The molecule has 3 heteroatoms. The topological polar surface area (TPSA) is 32.7 Å². The van der Waals surface area contributed by atoms with Crippen LogP contribution in [0.15, 0.2) is 0 Å². The molecule has 1 N–H and O–H groups in total. The van der Waals surface area contributed by atoms with E-state index in [1.54, 1.807) is 0 Å². The lowest BCUT2D eigenvalue weighted by molar-refractivity contribution is -0.185. The van der Waals surface area contributed by atoms with Crippen molar-refractivity contribution in [2.45, 2.75) is 83.5 Å². The number of rotatable bonds is 0. The van der Waals surface area contributed by atoms with E-state index in [4.69, 9.17) is 4.74 Å². The van der Waals surface area contributed by atoms with Gasteiger partial charge < -0.3 is 9.84 Å². The summed E-state index contributed by atoms with van der Waals surface area (Å²) in [4.78, 5) is 2.50. The van der Waals surface area contributed by atoms with Crippen LogP contribution < -0.4 is 0 Å². The van der Waals surface area contributed by atoms with Gasteiger partial charge in [0.05, 0.1) is 12.7 Å². The third-order valence-corrected chi connectivity index (χ3v) is 10.1. The second kappa shape index (κ2) is 5.45. The second-order valence-electron chi connectivity index (χ2n) is 10.7. The van der Waals surface area contributed by atoms with E-state index >= 15 is 0 Å². The fourth-order valence-electron chi connectivity index (χ4n) is 8.35. The van der Waals surface area contributed by atoms with Crippen LogP contribution in [0.1, 0.15) is 71.6 Å². The van der Waals surface area contributed by atoms with Gasteiger partial charge in [-0.15, -0.1) is 0 Å². The van der Waals surface area contributed by atoms with Gasteiger partial charge in [0.2, 0.25) is 0 Å². The molecule has 0 radical (unpaired) electrons. The average molecular weight is 348 g/mol. The van der Waals surface area contributed by atoms with E-state index in [2.05, 4.69) is 25.8 Å². The second-order valence-corrected chi connectivity index (χ2v) is 10.7. The zero-order valence-corrected chi connectivity index (χ0v) is 16.5. The van der Waals surface area contributed by atoms with Gasteiger partial charge in [-0.25, -0.2) is 0 Å². The maximum Gasteiger partial charge on any atom is 0.121 e. The van der Waals surface area contributed by atoms with Crippen LogP contribution in [0, 0.1) is 34.5 Å². The molecule has 1 spiro atoms. The molecule has 5 fully saturated rings. The van der Waals surface area contributed by atoms with Crippen molar-refractivity contribution in [3.8, 4) is 0 Å². The van der Waals surface area contributed by atoms with E-state index in [1.165, 1.54) is 51.4 Å². The lowest BCUT2D eigenvalue weighted by Crippen LogP contribution is -2.58. The number of aliphatic hydroxyl groups is 1. The van der Waals surface area contributed by atoms with E-state index in [9.17, 15) is 5.11 Å². The van der Waals surface area contributed by atoms with E-state index in [1.807, 2.05) is 0 Å². The molecule has 4 aliphatic carbocycles. The van der Waals surface area contributed by atoms with Gasteiger partial charge in [0.25, 0.3) is 0 Å². The van der Waals surface area contributed by atoms with Crippen molar-refractivity contribution >= 4 is 0 Å². The molecule has 5 rings (SSSR count). The van der Waals surface area contributed by atoms with Gasteiger partial charge in [-0.2, -0.15) is 0 Å². The fraction of sp³-hybridized carbons (Fsp3) is 1.00. The molecule has 25 heavy (non-hydrogen) atoms. The Morgan fingerprint density at radius 2 is 1.72 bits per heavy atom. The zero-order valence-electron chi connectivity index (χ0n) is 16.5. The summed E-state index contributed by atoms with van der Waals surface area (Å²) >= 11 is 0. The predicted molar refractivity (Wildman–Crippen MR) is 99.0 cm³/mol. The van der Waals surface area contributed by atoms with Crippen LogP contribution in [0.4, 0.5) is 0 Å². The highest BCUT2D eigenvalue weighted by molar-refractivity contribution is 5.11. The first-order chi connectivity index (χ1) is 11.9. The first kappa shape index (κ1) is 17.0. The monoisotopic (exact) mass is 347 g/mol. The number of nitrogens with zero attached hydrogens (tertiary/aromatic N) is 1. The highest BCUT2D eigenvalue weighted by Crippen LogP contribution is 2.67. The first-order valence-electron chi connectivity index (χ1n) is 10.9. The number of hydrogen-bond donors (Lipinski definition) is 1. The number of ether oxygens (including phenoxy) is 1. The quantitative estimate of drug-likeness (QED) is 0.717. The van der Waals surface area contributed by atoms with Gasteiger partial charge in [-0.3, -0.25) is 4.90 Å². The lowest BCUT2D eigenvalue weighted by Gasteiger charge is -2.62. The minimum Gasteiger partial charge on any atom is -0.393 e. The Morgan fingerprint density at radius 1 is 0.920 bits per heavy atom. The van der Waals surface area contributed by atoms with Crippen LogP contribution in [0.3, 0.4) is 0 Å². The maximum absolute atomic E-state index is 10.6. The minimum atomic E-state index is -0.0425. The van der Waals surface area contributed by atoms with Gasteiger partial charge in [-0.1, -0.05) is 13.8 Å². The molecule has 142 valence electrons. The predicted octanol–water partition coefficient (Wildman–Crippen LogP) is 4.05. The van der Waals surface area contributed by atoms with Crippen LogP contribution in [0.5, 0.6) is 0 Å². The van der Waals surface area contributed by atoms with E-state index in [0.717, 1.165) is 43.2 Å². The average Bonchev–Trinajstić information content (AvgIpc) is 3.09. The highest BCUT2D eigenvalue weighted by Gasteiger charge is 2.62. The number of aliphatic hydroxyl groups excluding tert-OH is 1. The van der Waals surface area contributed by atoms with Crippen molar-refractivity contribution in [2.75, 3.05) is 20.2 Å². The Hall–Kier alpha value is -0.120. The van der Waals surface area contributed by atoms with Crippen LogP contribution in [-0.4, -0.2) is 42.0 Å².